The number of hydrogen-bond acceptors (Lipinski definition) is 5. The summed E-state index contributed by atoms with van der Waals surface area (Å²) in [6, 6.07) is 15.5. The first-order valence-electron chi connectivity index (χ1n) is 8.73. The standard InChI is InChI=1S/C20H20N4O2.ClH/c21-12-14-1-5-15(6-2-14)19-23-18(26-24-19)11-13-3-9-17(10-4-13)22-20(25)16-7-8-16;/h1-6,9-10,16H,7-8,11-12,21H2,(H,22,25);1H. The van der Waals surface area contributed by atoms with Crippen molar-refractivity contribution in [3.63, 3.8) is 0 Å². The average molecular weight is 385 g/mol. The van der Waals surface area contributed by atoms with Gasteiger partial charge in [-0.1, -0.05) is 41.6 Å². The predicted octanol–water partition coefficient (Wildman–Crippen LogP) is 3.56. The number of rotatable bonds is 6. The Morgan fingerprint density at radius 2 is 1.74 bits per heavy atom. The Balaban J connectivity index is 0.00000210. The van der Waals surface area contributed by atoms with Gasteiger partial charge in [0.15, 0.2) is 0 Å². The van der Waals surface area contributed by atoms with Crippen LogP contribution in [0.4, 0.5) is 5.69 Å². The molecule has 6 nitrogen and oxygen atoms in total. The Morgan fingerprint density at radius 3 is 2.37 bits per heavy atom. The Bertz CT molecular complexity index is 902. The van der Waals surface area contributed by atoms with Gasteiger partial charge in [0.05, 0.1) is 6.42 Å². The van der Waals surface area contributed by atoms with E-state index in [-0.39, 0.29) is 24.2 Å². The van der Waals surface area contributed by atoms with E-state index in [1.54, 1.807) is 0 Å². The van der Waals surface area contributed by atoms with Gasteiger partial charge in [-0.2, -0.15) is 4.98 Å². The number of halogens is 1. The highest BCUT2D eigenvalue weighted by Gasteiger charge is 2.29. The van der Waals surface area contributed by atoms with Crippen molar-refractivity contribution in [3.05, 3.63) is 65.5 Å². The second kappa shape index (κ2) is 8.33. The number of anilines is 1. The molecule has 1 fully saturated rings. The van der Waals surface area contributed by atoms with E-state index in [1.165, 1.54) is 0 Å². The molecule has 2 aromatic carbocycles. The lowest BCUT2D eigenvalue weighted by molar-refractivity contribution is -0.117. The maximum absolute atomic E-state index is 11.8. The molecular weight excluding hydrogens is 364 g/mol. The fourth-order valence-electron chi connectivity index (χ4n) is 2.70. The maximum atomic E-state index is 11.8. The molecule has 1 heterocycles. The third-order valence-corrected chi connectivity index (χ3v) is 4.44. The summed E-state index contributed by atoms with van der Waals surface area (Å²) in [7, 11) is 0. The van der Waals surface area contributed by atoms with E-state index in [4.69, 9.17) is 10.3 Å². The highest BCUT2D eigenvalue weighted by Crippen LogP contribution is 2.30. The SMILES string of the molecule is Cl.NCc1ccc(-c2noc(Cc3ccc(NC(=O)C4CC4)cc3)n2)cc1. The third kappa shape index (κ3) is 4.72. The van der Waals surface area contributed by atoms with E-state index in [1.807, 2.05) is 48.5 Å². The maximum Gasteiger partial charge on any atom is 0.231 e. The Kier molecular flexibility index (Phi) is 5.88. The summed E-state index contributed by atoms with van der Waals surface area (Å²) in [5.74, 6) is 1.43. The molecule has 0 saturated heterocycles. The summed E-state index contributed by atoms with van der Waals surface area (Å²) in [4.78, 5) is 16.2. The predicted molar refractivity (Wildman–Crippen MR) is 105 cm³/mol. The van der Waals surface area contributed by atoms with Crippen LogP contribution in [0.15, 0.2) is 53.1 Å². The van der Waals surface area contributed by atoms with Gasteiger partial charge in [-0.25, -0.2) is 0 Å². The Hall–Kier alpha value is -2.70. The van der Waals surface area contributed by atoms with Crippen molar-refractivity contribution < 1.29 is 9.32 Å². The first-order chi connectivity index (χ1) is 12.7. The summed E-state index contributed by atoms with van der Waals surface area (Å²) in [5.41, 5.74) is 9.43. The lowest BCUT2D eigenvalue weighted by atomic mass is 10.1. The molecule has 1 amide bonds. The largest absolute Gasteiger partial charge is 0.339 e. The molecule has 1 aromatic heterocycles. The molecule has 27 heavy (non-hydrogen) atoms. The number of hydrogen-bond donors (Lipinski definition) is 2. The van der Waals surface area contributed by atoms with Gasteiger partial charge >= 0.3 is 0 Å². The molecule has 0 radical (unpaired) electrons. The highest BCUT2D eigenvalue weighted by molar-refractivity contribution is 5.94. The van der Waals surface area contributed by atoms with E-state index in [9.17, 15) is 4.79 Å². The van der Waals surface area contributed by atoms with Gasteiger partial charge in [0.2, 0.25) is 17.6 Å². The zero-order valence-electron chi connectivity index (χ0n) is 14.7. The number of carbonyl (C=O) groups is 1. The average Bonchev–Trinajstić information content (AvgIpc) is 3.43. The van der Waals surface area contributed by atoms with Crippen molar-refractivity contribution in [2.45, 2.75) is 25.8 Å². The minimum absolute atomic E-state index is 0. The molecule has 0 bridgehead atoms. The second-order valence-electron chi connectivity index (χ2n) is 6.55. The molecule has 0 spiro atoms. The molecule has 3 N–H and O–H groups in total. The van der Waals surface area contributed by atoms with Crippen molar-refractivity contribution in [2.75, 3.05) is 5.32 Å². The van der Waals surface area contributed by atoms with Crippen LogP contribution in [0.2, 0.25) is 0 Å². The summed E-state index contributed by atoms with van der Waals surface area (Å²) in [6.07, 6.45) is 2.54. The summed E-state index contributed by atoms with van der Waals surface area (Å²) >= 11 is 0. The third-order valence-electron chi connectivity index (χ3n) is 4.44. The molecule has 140 valence electrons. The van der Waals surface area contributed by atoms with Gasteiger partial charge in [0.1, 0.15) is 0 Å². The Labute approximate surface area is 163 Å². The lowest BCUT2D eigenvalue weighted by Gasteiger charge is -2.04. The van der Waals surface area contributed by atoms with Gasteiger partial charge in [0, 0.05) is 23.7 Å². The molecule has 1 aliphatic rings. The molecule has 1 saturated carbocycles. The molecular formula is C20H21ClN4O2. The molecule has 4 rings (SSSR count). The van der Waals surface area contributed by atoms with E-state index >= 15 is 0 Å². The zero-order chi connectivity index (χ0) is 17.9. The van der Waals surface area contributed by atoms with E-state index < -0.39 is 0 Å². The second-order valence-corrected chi connectivity index (χ2v) is 6.55. The van der Waals surface area contributed by atoms with Crippen molar-refractivity contribution >= 4 is 24.0 Å². The number of amides is 1. The highest BCUT2D eigenvalue weighted by atomic mass is 35.5. The minimum atomic E-state index is 0. The van der Waals surface area contributed by atoms with Crippen LogP contribution in [-0.4, -0.2) is 16.0 Å². The first kappa shape index (κ1) is 19.1. The smallest absolute Gasteiger partial charge is 0.231 e. The molecule has 0 unspecified atom stereocenters. The van der Waals surface area contributed by atoms with Crippen LogP contribution in [-0.2, 0) is 17.8 Å². The quantitative estimate of drug-likeness (QED) is 0.677. The molecule has 1 aliphatic carbocycles. The van der Waals surface area contributed by atoms with Gasteiger partial charge in [0.25, 0.3) is 0 Å². The van der Waals surface area contributed by atoms with Crippen LogP contribution in [0.1, 0.15) is 29.9 Å². The number of nitrogens with two attached hydrogens (primary N) is 1. The zero-order valence-corrected chi connectivity index (χ0v) is 15.5. The van der Waals surface area contributed by atoms with Gasteiger partial charge in [-0.15, -0.1) is 12.4 Å². The van der Waals surface area contributed by atoms with Crippen molar-refractivity contribution in [1.29, 1.82) is 0 Å². The normalized spacial score (nSPS) is 13.1. The number of nitrogens with one attached hydrogen (secondary N) is 1. The van der Waals surface area contributed by atoms with Crippen LogP contribution in [0.25, 0.3) is 11.4 Å². The van der Waals surface area contributed by atoms with Crippen LogP contribution in [0.5, 0.6) is 0 Å². The van der Waals surface area contributed by atoms with Gasteiger partial charge in [-0.3, -0.25) is 4.79 Å². The van der Waals surface area contributed by atoms with E-state index in [0.29, 0.717) is 24.7 Å². The summed E-state index contributed by atoms with van der Waals surface area (Å²) < 4.78 is 5.36. The number of aromatic nitrogens is 2. The fourth-order valence-corrected chi connectivity index (χ4v) is 2.70. The van der Waals surface area contributed by atoms with E-state index in [2.05, 4.69) is 15.5 Å². The summed E-state index contributed by atoms with van der Waals surface area (Å²) in [6.45, 7) is 0.509. The monoisotopic (exact) mass is 384 g/mol. The lowest BCUT2D eigenvalue weighted by Crippen LogP contribution is -2.13. The number of carbonyl (C=O) groups excluding carboxylic acids is 1. The van der Waals surface area contributed by atoms with E-state index in [0.717, 1.165) is 35.2 Å². The fraction of sp³-hybridized carbons (Fsp3) is 0.250. The minimum Gasteiger partial charge on any atom is -0.339 e. The topological polar surface area (TPSA) is 94.0 Å². The van der Waals surface area contributed by atoms with Crippen LogP contribution in [0.3, 0.4) is 0 Å². The van der Waals surface area contributed by atoms with Crippen LogP contribution < -0.4 is 11.1 Å². The van der Waals surface area contributed by atoms with Crippen molar-refractivity contribution in [3.8, 4) is 11.4 Å². The number of nitrogens with zero attached hydrogens (tertiary/aromatic N) is 2. The van der Waals surface area contributed by atoms with Crippen molar-refractivity contribution in [2.24, 2.45) is 11.7 Å². The van der Waals surface area contributed by atoms with Gasteiger partial charge < -0.3 is 15.6 Å². The van der Waals surface area contributed by atoms with Gasteiger partial charge in [-0.05, 0) is 36.1 Å². The molecule has 7 heteroatoms. The van der Waals surface area contributed by atoms with Crippen LogP contribution >= 0.6 is 12.4 Å². The molecule has 0 aliphatic heterocycles. The molecule has 3 aromatic rings. The number of benzene rings is 2. The first-order valence-corrected chi connectivity index (χ1v) is 8.73. The molecule has 0 atom stereocenters. The summed E-state index contributed by atoms with van der Waals surface area (Å²) in [5, 5.41) is 6.98. The van der Waals surface area contributed by atoms with Crippen molar-refractivity contribution in [1.82, 2.24) is 10.1 Å². The Morgan fingerprint density at radius 1 is 1.07 bits per heavy atom. The van der Waals surface area contributed by atoms with Crippen LogP contribution in [0, 0.1) is 5.92 Å².